The Morgan fingerprint density at radius 1 is 1.04 bits per heavy atom. The maximum Gasteiger partial charge on any atom is 0.411 e. The topological polar surface area (TPSA) is 84.0 Å². The van der Waals surface area contributed by atoms with Crippen LogP contribution in [0.25, 0.3) is 0 Å². The van der Waals surface area contributed by atoms with E-state index in [1.54, 1.807) is 0 Å². The summed E-state index contributed by atoms with van der Waals surface area (Å²) in [4.78, 5) is 15.8. The number of amides is 1. The van der Waals surface area contributed by atoms with Crippen molar-refractivity contribution in [2.45, 2.75) is 20.4 Å². The molecule has 0 saturated heterocycles. The fourth-order valence-corrected chi connectivity index (χ4v) is 2.35. The van der Waals surface area contributed by atoms with Gasteiger partial charge in [0, 0.05) is 12.2 Å². The first kappa shape index (κ1) is 21.1. The van der Waals surface area contributed by atoms with Crippen molar-refractivity contribution in [3.8, 4) is 5.75 Å². The predicted octanol–water partition coefficient (Wildman–Crippen LogP) is 3.31. The smallest absolute Gasteiger partial charge is 0.411 e. The second-order valence-corrected chi connectivity index (χ2v) is 6.10. The number of aliphatic imine (C=N–C) groups is 1. The number of carbonyl (C=O) groups is 1. The summed E-state index contributed by atoms with van der Waals surface area (Å²) in [6.45, 7) is 6.54. The molecule has 7 nitrogen and oxygen atoms in total. The minimum Gasteiger partial charge on any atom is -0.492 e. The molecular weight excluding hydrogens is 356 g/mol. The highest BCUT2D eigenvalue weighted by Crippen LogP contribution is 2.11. The molecule has 0 aliphatic carbocycles. The number of anilines is 1. The lowest BCUT2D eigenvalue weighted by atomic mass is 10.2. The number of aryl methyl sites for hydroxylation is 1. The number of carbonyl (C=O) groups excluding carboxylic acids is 1. The van der Waals surface area contributed by atoms with Crippen molar-refractivity contribution in [2.24, 2.45) is 4.99 Å². The summed E-state index contributed by atoms with van der Waals surface area (Å²) in [5, 5.41) is 9.09. The molecule has 0 atom stereocenters. The van der Waals surface area contributed by atoms with E-state index in [0.29, 0.717) is 25.4 Å². The van der Waals surface area contributed by atoms with Gasteiger partial charge < -0.3 is 20.1 Å². The van der Waals surface area contributed by atoms with Gasteiger partial charge in [0.1, 0.15) is 12.4 Å². The van der Waals surface area contributed by atoms with Gasteiger partial charge in [0.2, 0.25) is 0 Å². The van der Waals surface area contributed by atoms with Gasteiger partial charge >= 0.3 is 6.09 Å². The Hall–Kier alpha value is -3.22. The predicted molar refractivity (Wildman–Crippen MR) is 112 cm³/mol. The molecule has 0 heterocycles. The summed E-state index contributed by atoms with van der Waals surface area (Å²) in [5.41, 5.74) is 2.92. The number of methoxy groups -OCH3 is 1. The normalized spacial score (nSPS) is 10.9. The third-order valence-corrected chi connectivity index (χ3v) is 3.83. The highest BCUT2D eigenvalue weighted by atomic mass is 16.5. The molecule has 28 heavy (non-hydrogen) atoms. The number of nitrogens with one attached hydrogen (secondary N) is 3. The first-order valence-electron chi connectivity index (χ1n) is 9.26. The Morgan fingerprint density at radius 2 is 1.75 bits per heavy atom. The molecule has 1 amide bonds. The largest absolute Gasteiger partial charge is 0.492 e. The average Bonchev–Trinajstić information content (AvgIpc) is 2.71. The van der Waals surface area contributed by atoms with Gasteiger partial charge in [0.15, 0.2) is 5.96 Å². The molecule has 2 aromatic carbocycles. The van der Waals surface area contributed by atoms with Gasteiger partial charge in [-0.2, -0.15) is 0 Å². The van der Waals surface area contributed by atoms with E-state index in [0.717, 1.165) is 23.8 Å². The summed E-state index contributed by atoms with van der Waals surface area (Å²) in [7, 11) is 1.33. The van der Waals surface area contributed by atoms with Crippen LogP contribution in [-0.2, 0) is 11.3 Å². The number of hydrogen-bond acceptors (Lipinski definition) is 4. The summed E-state index contributed by atoms with van der Waals surface area (Å²) in [6, 6.07) is 15.5. The van der Waals surface area contributed by atoms with Crippen LogP contribution in [0.2, 0.25) is 0 Å². The molecule has 0 saturated carbocycles. The van der Waals surface area contributed by atoms with Crippen LogP contribution in [0.5, 0.6) is 5.75 Å². The molecule has 0 radical (unpaired) electrons. The molecule has 0 unspecified atom stereocenters. The van der Waals surface area contributed by atoms with Crippen LogP contribution >= 0.6 is 0 Å². The maximum atomic E-state index is 11.2. The molecule has 150 valence electrons. The van der Waals surface area contributed by atoms with Crippen LogP contribution in [0, 0.1) is 6.92 Å². The van der Waals surface area contributed by atoms with Crippen molar-refractivity contribution in [1.29, 1.82) is 0 Å². The van der Waals surface area contributed by atoms with Gasteiger partial charge in [-0.1, -0.05) is 29.8 Å². The summed E-state index contributed by atoms with van der Waals surface area (Å²) < 4.78 is 10.3. The van der Waals surface area contributed by atoms with Gasteiger partial charge in [-0.05, 0) is 43.7 Å². The minimum absolute atomic E-state index is 0.489. The molecule has 2 aromatic rings. The molecule has 2 rings (SSSR count). The zero-order chi connectivity index (χ0) is 20.2. The summed E-state index contributed by atoms with van der Waals surface area (Å²) in [6.07, 6.45) is -0.489. The summed E-state index contributed by atoms with van der Waals surface area (Å²) >= 11 is 0. The van der Waals surface area contributed by atoms with E-state index in [1.165, 1.54) is 12.7 Å². The van der Waals surface area contributed by atoms with Crippen LogP contribution < -0.4 is 20.7 Å². The van der Waals surface area contributed by atoms with Crippen molar-refractivity contribution in [3.63, 3.8) is 0 Å². The zero-order valence-electron chi connectivity index (χ0n) is 16.6. The van der Waals surface area contributed by atoms with E-state index in [1.807, 2.05) is 62.4 Å². The Morgan fingerprint density at radius 3 is 2.39 bits per heavy atom. The quantitative estimate of drug-likeness (QED) is 0.369. The second-order valence-electron chi connectivity index (χ2n) is 6.10. The van der Waals surface area contributed by atoms with Crippen molar-refractivity contribution in [1.82, 2.24) is 10.6 Å². The molecule has 0 spiro atoms. The number of benzene rings is 2. The number of hydrogen-bond donors (Lipinski definition) is 3. The Balaban J connectivity index is 1.80. The number of nitrogens with zero attached hydrogens (tertiary/aromatic N) is 1. The zero-order valence-corrected chi connectivity index (χ0v) is 16.6. The Bertz CT molecular complexity index is 758. The van der Waals surface area contributed by atoms with Crippen LogP contribution in [0.1, 0.15) is 18.1 Å². The van der Waals surface area contributed by atoms with E-state index in [9.17, 15) is 4.79 Å². The molecule has 3 N–H and O–H groups in total. The van der Waals surface area contributed by atoms with E-state index >= 15 is 0 Å². The van der Waals surface area contributed by atoms with Crippen molar-refractivity contribution >= 4 is 17.7 Å². The lowest BCUT2D eigenvalue weighted by Crippen LogP contribution is -2.39. The monoisotopic (exact) mass is 384 g/mol. The average molecular weight is 384 g/mol. The minimum atomic E-state index is -0.489. The molecule has 0 fully saturated rings. The van der Waals surface area contributed by atoms with E-state index < -0.39 is 6.09 Å². The lowest BCUT2D eigenvalue weighted by molar-refractivity contribution is 0.187. The van der Waals surface area contributed by atoms with Gasteiger partial charge in [-0.25, -0.2) is 9.79 Å². The lowest BCUT2D eigenvalue weighted by Gasteiger charge is -2.12. The standard InChI is InChI=1S/C21H28N4O3/c1-4-22-20(23-13-14-28-19-11-5-16(2)6-12-19)24-15-17-7-9-18(10-8-17)25-21(26)27-3/h5-12H,4,13-15H2,1-3H3,(H,25,26)(H2,22,23,24). The van der Waals surface area contributed by atoms with Crippen molar-refractivity contribution < 1.29 is 14.3 Å². The number of rotatable bonds is 8. The van der Waals surface area contributed by atoms with E-state index in [2.05, 4.69) is 25.7 Å². The molecule has 0 bridgehead atoms. The van der Waals surface area contributed by atoms with Crippen LogP contribution in [0.15, 0.2) is 53.5 Å². The van der Waals surface area contributed by atoms with E-state index in [4.69, 9.17) is 4.74 Å². The van der Waals surface area contributed by atoms with Gasteiger partial charge in [0.25, 0.3) is 0 Å². The van der Waals surface area contributed by atoms with Crippen molar-refractivity contribution in [3.05, 3.63) is 59.7 Å². The molecular formula is C21H28N4O3. The van der Waals surface area contributed by atoms with Gasteiger partial charge in [-0.3, -0.25) is 5.32 Å². The third kappa shape index (κ3) is 7.57. The molecule has 0 aromatic heterocycles. The highest BCUT2D eigenvalue weighted by molar-refractivity contribution is 5.84. The molecule has 7 heteroatoms. The van der Waals surface area contributed by atoms with Gasteiger partial charge in [-0.15, -0.1) is 0 Å². The Kier molecular flexibility index (Phi) is 8.65. The first-order chi connectivity index (χ1) is 13.6. The van der Waals surface area contributed by atoms with Gasteiger partial charge in [0.05, 0.1) is 20.2 Å². The van der Waals surface area contributed by atoms with Crippen LogP contribution in [0.3, 0.4) is 0 Å². The SMILES string of the molecule is CCNC(=NCc1ccc(NC(=O)OC)cc1)NCCOc1ccc(C)cc1. The summed E-state index contributed by atoms with van der Waals surface area (Å²) in [5.74, 6) is 1.58. The highest BCUT2D eigenvalue weighted by Gasteiger charge is 2.01. The number of ether oxygens (including phenoxy) is 2. The number of guanidine groups is 1. The fraction of sp³-hybridized carbons (Fsp3) is 0.333. The molecule has 0 aliphatic rings. The third-order valence-electron chi connectivity index (χ3n) is 3.83. The Labute approximate surface area is 166 Å². The van der Waals surface area contributed by atoms with Crippen LogP contribution in [0.4, 0.5) is 10.5 Å². The molecule has 0 aliphatic heterocycles. The first-order valence-corrected chi connectivity index (χ1v) is 9.26. The van der Waals surface area contributed by atoms with Crippen molar-refractivity contribution in [2.75, 3.05) is 32.1 Å². The van der Waals surface area contributed by atoms with E-state index in [-0.39, 0.29) is 0 Å². The maximum absolute atomic E-state index is 11.2. The fourth-order valence-electron chi connectivity index (χ4n) is 2.35. The van der Waals surface area contributed by atoms with Crippen LogP contribution in [-0.4, -0.2) is 38.9 Å². The second kappa shape index (κ2) is 11.5.